The number of aryl methyl sites for hydroxylation is 2. The lowest BCUT2D eigenvalue weighted by Crippen LogP contribution is -2.29. The van der Waals surface area contributed by atoms with Crippen LogP contribution in [0.3, 0.4) is 0 Å². The molecule has 0 N–H and O–H groups in total. The predicted molar refractivity (Wildman–Crippen MR) is 89.6 cm³/mol. The Bertz CT molecular complexity index is 688. The number of carbonyl (C=O) groups is 1. The molecule has 0 spiro atoms. The molecular formula is C16H19Cl2N3O2. The van der Waals surface area contributed by atoms with Gasteiger partial charge in [-0.2, -0.15) is 4.98 Å². The van der Waals surface area contributed by atoms with Crippen molar-refractivity contribution >= 4 is 29.1 Å². The number of aromatic nitrogens is 2. The van der Waals surface area contributed by atoms with E-state index >= 15 is 0 Å². The Morgan fingerprint density at radius 2 is 2.13 bits per heavy atom. The second kappa shape index (κ2) is 7.79. The quantitative estimate of drug-likeness (QED) is 0.777. The van der Waals surface area contributed by atoms with Gasteiger partial charge in [0.05, 0.1) is 6.04 Å². The standard InChI is InChI=1S/C16H19Cl2N3O2/c1-10(13-8-7-12(17)9-14(13)18)21(3)16(22)6-4-5-15-19-11(2)20-23-15/h7-10H,4-6H2,1-3H3. The van der Waals surface area contributed by atoms with E-state index in [9.17, 15) is 4.79 Å². The van der Waals surface area contributed by atoms with Gasteiger partial charge in [0.1, 0.15) is 0 Å². The molecular weight excluding hydrogens is 337 g/mol. The molecule has 1 amide bonds. The summed E-state index contributed by atoms with van der Waals surface area (Å²) in [4.78, 5) is 18.1. The Morgan fingerprint density at radius 3 is 2.74 bits per heavy atom. The Kier molecular flexibility index (Phi) is 6.02. The molecule has 0 fully saturated rings. The summed E-state index contributed by atoms with van der Waals surface area (Å²) in [6.07, 6.45) is 1.66. The first kappa shape index (κ1) is 17.8. The predicted octanol–water partition coefficient (Wildman–Crippen LogP) is 4.23. The summed E-state index contributed by atoms with van der Waals surface area (Å²) in [6.45, 7) is 3.71. The molecule has 7 heteroatoms. The molecule has 0 saturated carbocycles. The highest BCUT2D eigenvalue weighted by molar-refractivity contribution is 6.35. The Morgan fingerprint density at radius 1 is 1.39 bits per heavy atom. The lowest BCUT2D eigenvalue weighted by Gasteiger charge is -2.26. The largest absolute Gasteiger partial charge is 0.339 e. The summed E-state index contributed by atoms with van der Waals surface area (Å²) in [5.74, 6) is 1.21. The SMILES string of the molecule is Cc1noc(CCCC(=O)N(C)C(C)c2ccc(Cl)cc2Cl)n1. The average molecular weight is 356 g/mol. The van der Waals surface area contributed by atoms with Gasteiger partial charge in [-0.1, -0.05) is 34.4 Å². The number of benzene rings is 1. The van der Waals surface area contributed by atoms with Crippen LogP contribution in [0.15, 0.2) is 22.7 Å². The van der Waals surface area contributed by atoms with Crippen molar-refractivity contribution < 1.29 is 9.32 Å². The minimum Gasteiger partial charge on any atom is -0.339 e. The van der Waals surface area contributed by atoms with Crippen LogP contribution in [0.1, 0.15) is 43.1 Å². The van der Waals surface area contributed by atoms with E-state index in [1.165, 1.54) is 0 Å². The molecule has 0 aliphatic heterocycles. The number of halogens is 2. The molecule has 23 heavy (non-hydrogen) atoms. The van der Waals surface area contributed by atoms with Crippen LogP contribution in [-0.4, -0.2) is 28.0 Å². The van der Waals surface area contributed by atoms with E-state index in [-0.39, 0.29) is 11.9 Å². The first-order chi connectivity index (χ1) is 10.9. The van der Waals surface area contributed by atoms with Crippen molar-refractivity contribution in [3.8, 4) is 0 Å². The van der Waals surface area contributed by atoms with Crippen LogP contribution in [0.4, 0.5) is 0 Å². The Balaban J connectivity index is 1.90. The van der Waals surface area contributed by atoms with Gasteiger partial charge in [-0.25, -0.2) is 0 Å². The van der Waals surface area contributed by atoms with Gasteiger partial charge in [0.2, 0.25) is 11.8 Å². The van der Waals surface area contributed by atoms with Crippen LogP contribution < -0.4 is 0 Å². The van der Waals surface area contributed by atoms with E-state index in [4.69, 9.17) is 27.7 Å². The summed E-state index contributed by atoms with van der Waals surface area (Å²) >= 11 is 12.1. The maximum atomic E-state index is 12.3. The van der Waals surface area contributed by atoms with Crippen molar-refractivity contribution in [2.45, 2.75) is 39.2 Å². The second-order valence-corrected chi connectivity index (χ2v) is 6.28. The highest BCUT2D eigenvalue weighted by Gasteiger charge is 2.19. The molecule has 1 unspecified atom stereocenters. The smallest absolute Gasteiger partial charge is 0.226 e. The molecule has 124 valence electrons. The number of hydrogen-bond donors (Lipinski definition) is 0. The highest BCUT2D eigenvalue weighted by atomic mass is 35.5. The van der Waals surface area contributed by atoms with Crippen LogP contribution in [0.25, 0.3) is 0 Å². The van der Waals surface area contributed by atoms with E-state index in [1.54, 1.807) is 31.0 Å². The third-order valence-electron chi connectivity index (χ3n) is 3.74. The zero-order valence-corrected chi connectivity index (χ0v) is 14.9. The van der Waals surface area contributed by atoms with Crippen LogP contribution in [0.5, 0.6) is 0 Å². The summed E-state index contributed by atoms with van der Waals surface area (Å²) in [5, 5.41) is 4.87. The molecule has 1 atom stereocenters. The number of carbonyl (C=O) groups excluding carboxylic acids is 1. The Hall–Kier alpha value is -1.59. The summed E-state index contributed by atoms with van der Waals surface area (Å²) < 4.78 is 5.03. The van der Waals surface area contributed by atoms with Crippen molar-refractivity contribution in [1.82, 2.24) is 15.0 Å². The highest BCUT2D eigenvalue weighted by Crippen LogP contribution is 2.29. The zero-order valence-electron chi connectivity index (χ0n) is 13.3. The Labute approximate surface area is 145 Å². The van der Waals surface area contributed by atoms with Crippen molar-refractivity contribution in [2.75, 3.05) is 7.05 Å². The van der Waals surface area contributed by atoms with Crippen LogP contribution in [0.2, 0.25) is 10.0 Å². The second-order valence-electron chi connectivity index (χ2n) is 5.44. The van der Waals surface area contributed by atoms with Crippen molar-refractivity contribution in [3.05, 3.63) is 45.5 Å². The van der Waals surface area contributed by atoms with Gasteiger partial charge in [0.25, 0.3) is 0 Å². The molecule has 5 nitrogen and oxygen atoms in total. The molecule has 2 rings (SSSR count). The van der Waals surface area contributed by atoms with Gasteiger partial charge in [-0.05, 0) is 38.0 Å². The van der Waals surface area contributed by atoms with E-state index in [1.807, 2.05) is 13.0 Å². The van der Waals surface area contributed by atoms with Gasteiger partial charge in [0.15, 0.2) is 5.82 Å². The minimum absolute atomic E-state index is 0.0414. The third kappa shape index (κ3) is 4.69. The van der Waals surface area contributed by atoms with Gasteiger partial charge in [-0.15, -0.1) is 0 Å². The molecule has 0 saturated heterocycles. The summed E-state index contributed by atoms with van der Waals surface area (Å²) in [7, 11) is 1.77. The molecule has 0 aliphatic rings. The molecule has 1 aromatic heterocycles. The molecule has 0 bridgehead atoms. The van der Waals surface area contributed by atoms with E-state index in [0.717, 1.165) is 5.56 Å². The van der Waals surface area contributed by atoms with Gasteiger partial charge >= 0.3 is 0 Å². The maximum absolute atomic E-state index is 12.3. The third-order valence-corrected chi connectivity index (χ3v) is 4.30. The molecule has 0 radical (unpaired) electrons. The van der Waals surface area contributed by atoms with Crippen LogP contribution >= 0.6 is 23.2 Å². The summed E-state index contributed by atoms with van der Waals surface area (Å²) in [5.41, 5.74) is 0.874. The molecule has 0 aliphatic carbocycles. The number of hydrogen-bond acceptors (Lipinski definition) is 4. The number of nitrogens with zero attached hydrogens (tertiary/aromatic N) is 3. The van der Waals surface area contributed by atoms with Crippen molar-refractivity contribution in [3.63, 3.8) is 0 Å². The minimum atomic E-state index is -0.127. The first-order valence-electron chi connectivity index (χ1n) is 7.38. The maximum Gasteiger partial charge on any atom is 0.226 e. The van der Waals surface area contributed by atoms with Crippen molar-refractivity contribution in [1.29, 1.82) is 0 Å². The van der Waals surface area contributed by atoms with Gasteiger partial charge in [0, 0.05) is 29.9 Å². The van der Waals surface area contributed by atoms with E-state index < -0.39 is 0 Å². The fraction of sp³-hybridized carbons (Fsp3) is 0.438. The first-order valence-corrected chi connectivity index (χ1v) is 8.14. The van der Waals surface area contributed by atoms with Crippen LogP contribution in [0, 0.1) is 6.92 Å². The normalized spacial score (nSPS) is 12.2. The van der Waals surface area contributed by atoms with Crippen LogP contribution in [-0.2, 0) is 11.2 Å². The molecule has 2 aromatic rings. The van der Waals surface area contributed by atoms with Gasteiger partial charge in [-0.3, -0.25) is 4.79 Å². The number of rotatable bonds is 6. The topological polar surface area (TPSA) is 59.2 Å². The number of amides is 1. The fourth-order valence-corrected chi connectivity index (χ4v) is 2.84. The summed E-state index contributed by atoms with van der Waals surface area (Å²) in [6, 6.07) is 5.18. The monoisotopic (exact) mass is 355 g/mol. The molecule has 1 aromatic carbocycles. The van der Waals surface area contributed by atoms with Gasteiger partial charge < -0.3 is 9.42 Å². The average Bonchev–Trinajstić information content (AvgIpc) is 2.91. The zero-order chi connectivity index (χ0) is 17.0. The molecule has 1 heterocycles. The van der Waals surface area contributed by atoms with E-state index in [2.05, 4.69) is 10.1 Å². The van der Waals surface area contributed by atoms with E-state index in [0.29, 0.717) is 41.0 Å². The fourth-order valence-electron chi connectivity index (χ4n) is 2.27. The van der Waals surface area contributed by atoms with Crippen molar-refractivity contribution in [2.24, 2.45) is 0 Å². The lowest BCUT2D eigenvalue weighted by atomic mass is 10.1. The lowest BCUT2D eigenvalue weighted by molar-refractivity contribution is -0.131.